The second-order valence-corrected chi connectivity index (χ2v) is 8.60. The fourth-order valence-electron chi connectivity index (χ4n) is 4.07. The summed E-state index contributed by atoms with van der Waals surface area (Å²) in [6.07, 6.45) is 4.54. The van der Waals surface area contributed by atoms with E-state index >= 15 is 0 Å². The topological polar surface area (TPSA) is 83.7 Å². The molecule has 0 N–H and O–H groups in total. The van der Waals surface area contributed by atoms with Crippen LogP contribution < -0.4 is 0 Å². The molecule has 0 saturated carbocycles. The summed E-state index contributed by atoms with van der Waals surface area (Å²) in [6.45, 7) is 5.12. The van der Waals surface area contributed by atoms with E-state index in [1.807, 2.05) is 0 Å². The van der Waals surface area contributed by atoms with Gasteiger partial charge >= 0.3 is 0 Å². The minimum Gasteiger partial charge on any atom is -0.361 e. The van der Waals surface area contributed by atoms with Crippen LogP contribution in [0.25, 0.3) is 0 Å². The van der Waals surface area contributed by atoms with Crippen LogP contribution in [0.2, 0.25) is 0 Å². The van der Waals surface area contributed by atoms with Crippen molar-refractivity contribution in [2.45, 2.75) is 45.1 Å². The van der Waals surface area contributed by atoms with Gasteiger partial charge in [0, 0.05) is 19.6 Å². The van der Waals surface area contributed by atoms with E-state index in [9.17, 15) is 13.2 Å². The predicted octanol–water partition coefficient (Wildman–Crippen LogP) is 1.32. The van der Waals surface area contributed by atoms with Crippen LogP contribution in [0.4, 0.5) is 0 Å². The molecule has 7 nitrogen and oxygen atoms in total. The van der Waals surface area contributed by atoms with Gasteiger partial charge in [0.05, 0.1) is 17.5 Å². The Balaban J connectivity index is 1.88. The van der Waals surface area contributed by atoms with E-state index in [0.717, 1.165) is 25.7 Å². The van der Waals surface area contributed by atoms with Crippen LogP contribution in [0.1, 0.15) is 47.5 Å². The number of carbonyl (C=O) groups excluding carboxylic acids is 1. The molecule has 1 atom stereocenters. The number of piperidine rings is 1. The molecule has 0 bridgehead atoms. The van der Waals surface area contributed by atoms with Crippen molar-refractivity contribution in [3.63, 3.8) is 0 Å². The third kappa shape index (κ3) is 2.78. The number of hydrogen-bond acceptors (Lipinski definition) is 5. The number of nitrogens with zero attached hydrogens (tertiary/aromatic N) is 3. The number of aromatic nitrogens is 1. The molecule has 23 heavy (non-hydrogen) atoms. The molecule has 2 aliphatic rings. The number of amides is 1. The lowest BCUT2D eigenvalue weighted by Crippen LogP contribution is -2.58. The van der Waals surface area contributed by atoms with Crippen molar-refractivity contribution in [2.75, 3.05) is 25.9 Å². The Labute approximate surface area is 136 Å². The Morgan fingerprint density at radius 3 is 2.43 bits per heavy atom. The Morgan fingerprint density at radius 1 is 1.22 bits per heavy atom. The van der Waals surface area contributed by atoms with E-state index in [0.29, 0.717) is 36.7 Å². The third-order valence-electron chi connectivity index (χ3n) is 5.02. The highest BCUT2D eigenvalue weighted by atomic mass is 32.2. The number of sulfonamides is 1. The number of aryl methyl sites for hydroxylation is 2. The number of likely N-dealkylation sites (tertiary alicyclic amines) is 1. The maximum atomic E-state index is 12.9. The molecule has 3 rings (SSSR count). The van der Waals surface area contributed by atoms with Gasteiger partial charge in [-0.1, -0.05) is 5.16 Å². The molecular formula is C15H23N3O4S. The Bertz CT molecular complexity index is 708. The van der Waals surface area contributed by atoms with Crippen LogP contribution in [0.15, 0.2) is 4.52 Å². The molecule has 1 spiro atoms. The second-order valence-electron chi connectivity index (χ2n) is 6.69. The number of carbonyl (C=O) groups is 1. The highest BCUT2D eigenvalue weighted by Crippen LogP contribution is 2.39. The Kier molecular flexibility index (Phi) is 4.00. The molecule has 2 aliphatic heterocycles. The van der Waals surface area contributed by atoms with E-state index in [1.54, 1.807) is 23.1 Å². The van der Waals surface area contributed by atoms with Gasteiger partial charge in [-0.2, -0.15) is 4.31 Å². The zero-order valence-electron chi connectivity index (χ0n) is 13.8. The van der Waals surface area contributed by atoms with Crippen LogP contribution >= 0.6 is 0 Å². The highest BCUT2D eigenvalue weighted by Gasteiger charge is 2.49. The smallest absolute Gasteiger partial charge is 0.259 e. The van der Waals surface area contributed by atoms with E-state index in [4.69, 9.17) is 4.52 Å². The van der Waals surface area contributed by atoms with Gasteiger partial charge in [0.1, 0.15) is 11.3 Å². The van der Waals surface area contributed by atoms with Crippen molar-refractivity contribution < 1.29 is 17.7 Å². The van der Waals surface area contributed by atoms with Crippen molar-refractivity contribution >= 4 is 15.9 Å². The molecule has 1 aromatic rings. The van der Waals surface area contributed by atoms with Crippen molar-refractivity contribution in [3.05, 3.63) is 17.0 Å². The normalized spacial score (nSPS) is 26.1. The SMILES string of the molecule is Cc1noc(C)c1C(=O)N1CCC[C@@]2(CCCN2S(C)(=O)=O)C1. The molecule has 2 saturated heterocycles. The predicted molar refractivity (Wildman–Crippen MR) is 84.6 cm³/mol. The number of rotatable bonds is 2. The van der Waals surface area contributed by atoms with Gasteiger partial charge in [-0.15, -0.1) is 0 Å². The van der Waals surface area contributed by atoms with Crippen molar-refractivity contribution in [1.82, 2.24) is 14.4 Å². The van der Waals surface area contributed by atoms with E-state index in [-0.39, 0.29) is 5.91 Å². The molecule has 0 radical (unpaired) electrons. The summed E-state index contributed by atoms with van der Waals surface area (Å²) >= 11 is 0. The number of hydrogen-bond donors (Lipinski definition) is 0. The molecule has 3 heterocycles. The summed E-state index contributed by atoms with van der Waals surface area (Å²) in [6, 6.07) is 0. The van der Waals surface area contributed by atoms with Gasteiger partial charge < -0.3 is 9.42 Å². The van der Waals surface area contributed by atoms with Crippen LogP contribution in [0.3, 0.4) is 0 Å². The molecule has 1 aromatic heterocycles. The maximum absolute atomic E-state index is 12.9. The van der Waals surface area contributed by atoms with Crippen molar-refractivity contribution in [3.8, 4) is 0 Å². The zero-order valence-corrected chi connectivity index (χ0v) is 14.6. The molecule has 2 fully saturated rings. The van der Waals surface area contributed by atoms with Gasteiger partial charge in [-0.3, -0.25) is 4.79 Å². The fraction of sp³-hybridized carbons (Fsp3) is 0.733. The van der Waals surface area contributed by atoms with Gasteiger partial charge in [0.25, 0.3) is 5.91 Å². The van der Waals surface area contributed by atoms with Gasteiger partial charge in [0.15, 0.2) is 0 Å². The molecule has 128 valence electrons. The molecule has 0 aromatic carbocycles. The lowest BCUT2D eigenvalue weighted by molar-refractivity contribution is 0.0522. The average Bonchev–Trinajstić information content (AvgIpc) is 3.02. The molecular weight excluding hydrogens is 318 g/mol. The zero-order chi connectivity index (χ0) is 16.8. The highest BCUT2D eigenvalue weighted by molar-refractivity contribution is 7.88. The summed E-state index contributed by atoms with van der Waals surface area (Å²) in [5.74, 6) is 0.402. The first-order valence-corrected chi connectivity index (χ1v) is 9.79. The van der Waals surface area contributed by atoms with E-state index in [1.165, 1.54) is 6.26 Å². The maximum Gasteiger partial charge on any atom is 0.259 e. The fourth-order valence-corrected chi connectivity index (χ4v) is 5.48. The lowest BCUT2D eigenvalue weighted by atomic mass is 9.87. The summed E-state index contributed by atoms with van der Waals surface area (Å²) in [4.78, 5) is 14.6. The molecule has 0 unspecified atom stereocenters. The third-order valence-corrected chi connectivity index (χ3v) is 6.39. The standard InChI is InChI=1S/C15H23N3O4S/c1-11-13(12(2)22-16-11)14(19)17-8-4-6-15(10-17)7-5-9-18(15)23(3,20)21/h4-10H2,1-3H3/t15-/m1/s1. The summed E-state index contributed by atoms with van der Waals surface area (Å²) in [5.41, 5.74) is 0.643. The minimum atomic E-state index is -3.27. The second kappa shape index (κ2) is 5.59. The quantitative estimate of drug-likeness (QED) is 0.810. The average molecular weight is 341 g/mol. The molecule has 0 aliphatic carbocycles. The van der Waals surface area contributed by atoms with Crippen LogP contribution in [0, 0.1) is 13.8 Å². The monoisotopic (exact) mass is 341 g/mol. The summed E-state index contributed by atoms with van der Waals surface area (Å²) in [7, 11) is -3.27. The largest absolute Gasteiger partial charge is 0.361 e. The molecule has 1 amide bonds. The van der Waals surface area contributed by atoms with Crippen molar-refractivity contribution in [1.29, 1.82) is 0 Å². The van der Waals surface area contributed by atoms with Gasteiger partial charge in [-0.25, -0.2) is 8.42 Å². The Hall–Kier alpha value is -1.41. The first kappa shape index (κ1) is 16.4. The minimum absolute atomic E-state index is 0.110. The Morgan fingerprint density at radius 2 is 1.87 bits per heavy atom. The van der Waals surface area contributed by atoms with Gasteiger partial charge in [-0.05, 0) is 39.5 Å². The van der Waals surface area contributed by atoms with Crippen molar-refractivity contribution in [2.24, 2.45) is 0 Å². The van der Waals surface area contributed by atoms with E-state index < -0.39 is 15.6 Å². The van der Waals surface area contributed by atoms with E-state index in [2.05, 4.69) is 5.16 Å². The first-order valence-electron chi connectivity index (χ1n) is 7.95. The summed E-state index contributed by atoms with van der Waals surface area (Å²) in [5, 5.41) is 3.85. The first-order chi connectivity index (χ1) is 10.7. The summed E-state index contributed by atoms with van der Waals surface area (Å²) < 4.78 is 30.9. The van der Waals surface area contributed by atoms with Crippen LogP contribution in [-0.4, -0.2) is 60.1 Å². The van der Waals surface area contributed by atoms with Crippen LogP contribution in [0.5, 0.6) is 0 Å². The van der Waals surface area contributed by atoms with Crippen LogP contribution in [-0.2, 0) is 10.0 Å². The van der Waals surface area contributed by atoms with Gasteiger partial charge in [0.2, 0.25) is 10.0 Å². The molecule has 8 heteroatoms. The lowest BCUT2D eigenvalue weighted by Gasteiger charge is -2.44.